The van der Waals surface area contributed by atoms with Crippen LogP contribution in [0.25, 0.3) is 0 Å². The Hall–Kier alpha value is -0.980. The molecule has 13 heavy (non-hydrogen) atoms. The Morgan fingerprint density at radius 2 is 2.15 bits per heavy atom. The van der Waals surface area contributed by atoms with Gasteiger partial charge in [0.2, 0.25) is 0 Å². The number of nitrogens with one attached hydrogen (secondary N) is 1. The second-order valence-corrected chi connectivity index (χ2v) is 3.42. The number of likely N-dealkylation sites (N-methyl/N-ethyl adjacent to an activating group) is 1. The van der Waals surface area contributed by atoms with E-state index in [1.54, 1.807) is 0 Å². The maximum atomic E-state index is 4.12. The normalized spacial score (nSPS) is 16.2. The molecule has 0 atom stereocenters. The lowest BCUT2D eigenvalue weighted by Crippen LogP contribution is -2.11. The van der Waals surface area contributed by atoms with Crippen LogP contribution in [0.1, 0.15) is 32.6 Å². The van der Waals surface area contributed by atoms with Crippen LogP contribution in [0.2, 0.25) is 0 Å². The molecular weight excluding hydrogens is 158 g/mol. The van der Waals surface area contributed by atoms with Crippen molar-refractivity contribution in [1.29, 1.82) is 0 Å². The van der Waals surface area contributed by atoms with Gasteiger partial charge in [-0.3, -0.25) is 0 Å². The second kappa shape index (κ2) is 4.90. The number of rotatable bonds is 4. The van der Waals surface area contributed by atoms with Crippen molar-refractivity contribution >= 4 is 0 Å². The van der Waals surface area contributed by atoms with Crippen molar-refractivity contribution in [3.63, 3.8) is 0 Å². The Kier molecular flexibility index (Phi) is 3.81. The predicted molar refractivity (Wildman–Crippen MR) is 58.5 cm³/mol. The summed E-state index contributed by atoms with van der Waals surface area (Å²) in [6, 6.07) is 0. The summed E-state index contributed by atoms with van der Waals surface area (Å²) in [6.45, 7) is 6.31. The molecule has 1 nitrogen and oxygen atoms in total. The summed E-state index contributed by atoms with van der Waals surface area (Å²) in [5, 5.41) is 3.23. The van der Waals surface area contributed by atoms with Crippen LogP contribution < -0.4 is 5.32 Å². The molecule has 0 saturated carbocycles. The molecule has 1 heteroatoms. The Morgan fingerprint density at radius 3 is 2.77 bits per heavy atom. The molecule has 0 saturated heterocycles. The number of hydrogen-bond acceptors (Lipinski definition) is 1. The van der Waals surface area contributed by atoms with E-state index < -0.39 is 0 Å². The van der Waals surface area contributed by atoms with Gasteiger partial charge >= 0.3 is 0 Å². The third-order valence-corrected chi connectivity index (χ3v) is 2.36. The van der Waals surface area contributed by atoms with Crippen LogP contribution >= 0.6 is 0 Å². The van der Waals surface area contributed by atoms with E-state index in [-0.39, 0.29) is 0 Å². The maximum absolute atomic E-state index is 4.12. The van der Waals surface area contributed by atoms with Gasteiger partial charge in [-0.15, -0.1) is 0 Å². The predicted octanol–water partition coefficient (Wildman–Crippen LogP) is 3.17. The van der Waals surface area contributed by atoms with Crippen LogP contribution in [-0.2, 0) is 0 Å². The lowest BCUT2D eigenvalue weighted by atomic mass is 9.95. The summed E-state index contributed by atoms with van der Waals surface area (Å²) >= 11 is 0. The summed E-state index contributed by atoms with van der Waals surface area (Å²) < 4.78 is 0. The molecule has 1 aliphatic rings. The molecule has 1 N–H and O–H groups in total. The number of allylic oxidation sites excluding steroid dienone is 3. The zero-order chi connectivity index (χ0) is 9.68. The Bertz CT molecular complexity index is 246. The fraction of sp³-hybridized carbons (Fsp3) is 0.500. The molecule has 0 unspecified atom stereocenters. The van der Waals surface area contributed by atoms with E-state index >= 15 is 0 Å². The summed E-state index contributed by atoms with van der Waals surface area (Å²) in [5.41, 5.74) is 3.85. The van der Waals surface area contributed by atoms with Gasteiger partial charge in [-0.1, -0.05) is 32.1 Å². The summed E-state index contributed by atoms with van der Waals surface area (Å²) in [5.74, 6) is 0. The first-order valence-electron chi connectivity index (χ1n) is 5.06. The van der Waals surface area contributed by atoms with E-state index in [0.717, 1.165) is 19.3 Å². The highest BCUT2D eigenvalue weighted by Gasteiger charge is 2.09. The van der Waals surface area contributed by atoms with Crippen molar-refractivity contribution in [3.05, 3.63) is 35.6 Å². The number of hydrogen-bond donors (Lipinski definition) is 1. The van der Waals surface area contributed by atoms with Gasteiger partial charge in [0.25, 0.3) is 0 Å². The first kappa shape index (κ1) is 10.1. The minimum Gasteiger partial charge on any atom is -0.388 e. The quantitative estimate of drug-likeness (QED) is 0.695. The zero-order valence-corrected chi connectivity index (χ0v) is 8.69. The van der Waals surface area contributed by atoms with E-state index in [1.807, 2.05) is 7.05 Å². The third-order valence-electron chi connectivity index (χ3n) is 2.36. The molecule has 0 aromatic carbocycles. The molecular formula is C12H19N. The van der Waals surface area contributed by atoms with E-state index in [4.69, 9.17) is 0 Å². The first-order valence-corrected chi connectivity index (χ1v) is 5.06. The summed E-state index contributed by atoms with van der Waals surface area (Å²) in [6.07, 6.45) is 9.14. The highest BCUT2D eigenvalue weighted by Crippen LogP contribution is 2.24. The van der Waals surface area contributed by atoms with Gasteiger partial charge < -0.3 is 5.32 Å². The standard InChI is InChI=1S/C12H19N/c1-4-7-10(2)11-8-5-6-9-12(11)13-3/h8-9,13H,2,4-7H2,1,3H3. The fourth-order valence-corrected chi connectivity index (χ4v) is 1.68. The van der Waals surface area contributed by atoms with E-state index in [0.29, 0.717) is 0 Å². The molecule has 0 radical (unpaired) electrons. The lowest BCUT2D eigenvalue weighted by molar-refractivity contribution is 0.868. The molecule has 0 heterocycles. The van der Waals surface area contributed by atoms with Crippen molar-refractivity contribution in [3.8, 4) is 0 Å². The topological polar surface area (TPSA) is 12.0 Å². The monoisotopic (exact) mass is 177 g/mol. The third kappa shape index (κ3) is 2.48. The molecule has 0 fully saturated rings. The van der Waals surface area contributed by atoms with Crippen molar-refractivity contribution in [2.24, 2.45) is 0 Å². The van der Waals surface area contributed by atoms with Gasteiger partial charge in [0.05, 0.1) is 0 Å². The summed E-state index contributed by atoms with van der Waals surface area (Å²) in [4.78, 5) is 0. The van der Waals surface area contributed by atoms with Crippen LogP contribution in [0.15, 0.2) is 35.6 Å². The zero-order valence-electron chi connectivity index (χ0n) is 8.69. The molecule has 0 aromatic rings. The minimum absolute atomic E-state index is 1.10. The molecule has 0 aromatic heterocycles. The average Bonchev–Trinajstić information content (AvgIpc) is 2.18. The van der Waals surface area contributed by atoms with Gasteiger partial charge in [-0.2, -0.15) is 0 Å². The van der Waals surface area contributed by atoms with Gasteiger partial charge in [-0.05, 0) is 30.4 Å². The maximum Gasteiger partial charge on any atom is 0.0370 e. The lowest BCUT2D eigenvalue weighted by Gasteiger charge is -2.17. The first-order chi connectivity index (χ1) is 6.29. The molecule has 0 bridgehead atoms. The minimum atomic E-state index is 1.10. The van der Waals surface area contributed by atoms with Gasteiger partial charge in [0.1, 0.15) is 0 Å². The molecule has 1 rings (SSSR count). The van der Waals surface area contributed by atoms with E-state index in [1.165, 1.54) is 23.3 Å². The van der Waals surface area contributed by atoms with Gasteiger partial charge in [0.15, 0.2) is 0 Å². The van der Waals surface area contributed by atoms with E-state index in [9.17, 15) is 0 Å². The molecule has 72 valence electrons. The highest BCUT2D eigenvalue weighted by atomic mass is 14.8. The Labute approximate surface area is 81.2 Å². The highest BCUT2D eigenvalue weighted by molar-refractivity contribution is 5.45. The van der Waals surface area contributed by atoms with Crippen LogP contribution in [-0.4, -0.2) is 7.05 Å². The van der Waals surface area contributed by atoms with Crippen molar-refractivity contribution in [2.45, 2.75) is 32.6 Å². The van der Waals surface area contributed by atoms with Gasteiger partial charge in [-0.25, -0.2) is 0 Å². The molecule has 1 aliphatic carbocycles. The smallest absolute Gasteiger partial charge is 0.0370 e. The van der Waals surface area contributed by atoms with Crippen LogP contribution in [0.4, 0.5) is 0 Å². The van der Waals surface area contributed by atoms with Crippen molar-refractivity contribution in [1.82, 2.24) is 5.32 Å². The van der Waals surface area contributed by atoms with Crippen molar-refractivity contribution in [2.75, 3.05) is 7.05 Å². The Balaban J connectivity index is 2.71. The summed E-state index contributed by atoms with van der Waals surface area (Å²) in [7, 11) is 1.98. The SMILES string of the molecule is C=C(CCC)C1=CCCC=C1NC. The van der Waals surface area contributed by atoms with E-state index in [2.05, 4.69) is 31.0 Å². The van der Waals surface area contributed by atoms with Crippen LogP contribution in [0, 0.1) is 0 Å². The second-order valence-electron chi connectivity index (χ2n) is 3.42. The molecule has 0 spiro atoms. The average molecular weight is 177 g/mol. The molecule has 0 amide bonds. The largest absolute Gasteiger partial charge is 0.388 e. The Morgan fingerprint density at radius 1 is 1.46 bits per heavy atom. The van der Waals surface area contributed by atoms with Crippen LogP contribution in [0.5, 0.6) is 0 Å². The van der Waals surface area contributed by atoms with Crippen molar-refractivity contribution < 1.29 is 0 Å². The fourth-order valence-electron chi connectivity index (χ4n) is 1.68. The molecule has 0 aliphatic heterocycles. The van der Waals surface area contributed by atoms with Gasteiger partial charge in [0, 0.05) is 12.7 Å². The van der Waals surface area contributed by atoms with Crippen LogP contribution in [0.3, 0.4) is 0 Å².